The number of nitrogens with one attached hydrogen (secondary N) is 2. The largest absolute Gasteiger partial charge is 0.459 e. The van der Waals surface area contributed by atoms with Crippen LogP contribution in [0.5, 0.6) is 0 Å². The third-order valence-electron chi connectivity index (χ3n) is 4.09. The lowest BCUT2D eigenvalue weighted by Crippen LogP contribution is -2.26. The van der Waals surface area contributed by atoms with Crippen LogP contribution in [0.4, 0.5) is 0 Å². The minimum absolute atomic E-state index is 0. The Labute approximate surface area is 153 Å². The molecule has 6 heteroatoms. The Morgan fingerprint density at radius 3 is 2.88 bits per heavy atom. The zero-order chi connectivity index (χ0) is 15.9. The summed E-state index contributed by atoms with van der Waals surface area (Å²) in [6.45, 7) is 2.87. The molecule has 1 aromatic carbocycles. The fourth-order valence-corrected chi connectivity index (χ4v) is 3.66. The quantitative estimate of drug-likeness (QED) is 0.733. The van der Waals surface area contributed by atoms with Gasteiger partial charge in [0.25, 0.3) is 5.91 Å². The lowest BCUT2D eigenvalue weighted by atomic mass is 10.1. The standard InChI is InChI=1S/C18H22N2O2S.ClH/c21-18(20-10-7-14-6-9-19-12-14)17-15(8-11-22-17)13-23-16-4-2-1-3-5-16;/h1-5,8,11,14,19H,6-7,9-10,12-13H2,(H,20,21);1H. The highest BCUT2D eigenvalue weighted by Gasteiger charge is 2.17. The predicted molar refractivity (Wildman–Crippen MR) is 99.9 cm³/mol. The molecule has 1 aromatic heterocycles. The van der Waals surface area contributed by atoms with E-state index in [4.69, 9.17) is 4.42 Å². The number of rotatable bonds is 7. The van der Waals surface area contributed by atoms with Gasteiger partial charge in [-0.3, -0.25) is 4.79 Å². The fourth-order valence-electron chi connectivity index (χ4n) is 2.76. The third-order valence-corrected chi connectivity index (χ3v) is 5.15. The average molecular weight is 367 g/mol. The monoisotopic (exact) mass is 366 g/mol. The van der Waals surface area contributed by atoms with Crippen molar-refractivity contribution in [3.63, 3.8) is 0 Å². The first-order valence-electron chi connectivity index (χ1n) is 8.06. The molecule has 0 radical (unpaired) electrons. The van der Waals surface area contributed by atoms with Crippen LogP contribution in [0.1, 0.15) is 29.0 Å². The first-order valence-corrected chi connectivity index (χ1v) is 9.04. The molecule has 1 fully saturated rings. The van der Waals surface area contributed by atoms with Crippen LogP contribution >= 0.6 is 24.2 Å². The van der Waals surface area contributed by atoms with Crippen molar-refractivity contribution in [2.75, 3.05) is 19.6 Å². The van der Waals surface area contributed by atoms with E-state index in [9.17, 15) is 4.79 Å². The number of hydrogen-bond donors (Lipinski definition) is 2. The minimum Gasteiger partial charge on any atom is -0.459 e. The summed E-state index contributed by atoms with van der Waals surface area (Å²) in [6.07, 6.45) is 3.82. The molecular formula is C18H23ClN2O2S. The molecule has 0 spiro atoms. The van der Waals surface area contributed by atoms with E-state index in [0.29, 0.717) is 18.2 Å². The molecule has 1 unspecified atom stereocenters. The number of halogens is 1. The molecule has 0 aliphatic carbocycles. The Morgan fingerprint density at radius 1 is 1.29 bits per heavy atom. The van der Waals surface area contributed by atoms with Crippen molar-refractivity contribution in [1.82, 2.24) is 10.6 Å². The number of hydrogen-bond acceptors (Lipinski definition) is 4. The molecular weight excluding hydrogens is 344 g/mol. The number of carbonyl (C=O) groups is 1. The summed E-state index contributed by atoms with van der Waals surface area (Å²) in [7, 11) is 0. The number of benzene rings is 1. The van der Waals surface area contributed by atoms with Crippen molar-refractivity contribution in [2.45, 2.75) is 23.5 Å². The first kappa shape index (κ1) is 18.9. The van der Waals surface area contributed by atoms with E-state index in [-0.39, 0.29) is 18.3 Å². The van der Waals surface area contributed by atoms with Crippen LogP contribution in [-0.4, -0.2) is 25.5 Å². The maximum Gasteiger partial charge on any atom is 0.287 e. The summed E-state index contributed by atoms with van der Waals surface area (Å²) >= 11 is 1.71. The Kier molecular flexibility index (Phi) is 7.69. The van der Waals surface area contributed by atoms with Gasteiger partial charge in [-0.15, -0.1) is 24.2 Å². The lowest BCUT2D eigenvalue weighted by Gasteiger charge is -2.09. The molecule has 2 aromatic rings. The van der Waals surface area contributed by atoms with Gasteiger partial charge in [-0.25, -0.2) is 0 Å². The molecule has 1 aliphatic rings. The van der Waals surface area contributed by atoms with Crippen molar-refractivity contribution in [3.8, 4) is 0 Å². The van der Waals surface area contributed by atoms with Gasteiger partial charge < -0.3 is 15.1 Å². The highest BCUT2D eigenvalue weighted by molar-refractivity contribution is 7.98. The molecule has 3 rings (SSSR count). The summed E-state index contributed by atoms with van der Waals surface area (Å²) in [6, 6.07) is 12.1. The molecule has 4 nitrogen and oxygen atoms in total. The Hall–Kier alpha value is -1.43. The molecule has 130 valence electrons. The van der Waals surface area contributed by atoms with Gasteiger partial charge in [-0.05, 0) is 50.0 Å². The summed E-state index contributed by atoms with van der Waals surface area (Å²) in [4.78, 5) is 13.5. The first-order chi connectivity index (χ1) is 11.3. The Bertz CT molecular complexity index is 627. The van der Waals surface area contributed by atoms with Crippen LogP contribution in [0.15, 0.2) is 52.0 Å². The smallest absolute Gasteiger partial charge is 0.287 e. The van der Waals surface area contributed by atoms with Crippen molar-refractivity contribution in [1.29, 1.82) is 0 Å². The summed E-state index contributed by atoms with van der Waals surface area (Å²) in [5.41, 5.74) is 0.943. The summed E-state index contributed by atoms with van der Waals surface area (Å²) in [5, 5.41) is 6.33. The van der Waals surface area contributed by atoms with Crippen LogP contribution in [0.3, 0.4) is 0 Å². The van der Waals surface area contributed by atoms with Crippen molar-refractivity contribution >= 4 is 30.1 Å². The number of thioether (sulfide) groups is 1. The van der Waals surface area contributed by atoms with E-state index in [1.807, 2.05) is 24.3 Å². The Morgan fingerprint density at radius 2 is 2.12 bits per heavy atom. The highest BCUT2D eigenvalue weighted by atomic mass is 35.5. The van der Waals surface area contributed by atoms with Crippen molar-refractivity contribution in [2.24, 2.45) is 5.92 Å². The minimum atomic E-state index is -0.107. The van der Waals surface area contributed by atoms with Gasteiger partial charge in [0.2, 0.25) is 0 Å². The second-order valence-corrected chi connectivity index (χ2v) is 6.83. The molecule has 1 aliphatic heterocycles. The van der Waals surface area contributed by atoms with E-state index in [1.54, 1.807) is 18.0 Å². The summed E-state index contributed by atoms with van der Waals surface area (Å²) in [5.74, 6) is 1.75. The number of carbonyl (C=O) groups excluding carboxylic acids is 1. The zero-order valence-electron chi connectivity index (χ0n) is 13.5. The molecule has 1 saturated heterocycles. The Balaban J connectivity index is 0.00000208. The van der Waals surface area contributed by atoms with Crippen LogP contribution in [0.25, 0.3) is 0 Å². The number of amides is 1. The lowest BCUT2D eigenvalue weighted by molar-refractivity contribution is 0.0923. The molecule has 2 N–H and O–H groups in total. The van der Waals surface area contributed by atoms with E-state index < -0.39 is 0 Å². The van der Waals surface area contributed by atoms with Gasteiger partial charge in [-0.1, -0.05) is 18.2 Å². The maximum absolute atomic E-state index is 12.3. The molecule has 24 heavy (non-hydrogen) atoms. The van der Waals surface area contributed by atoms with Crippen LogP contribution in [0, 0.1) is 5.92 Å². The SMILES string of the molecule is Cl.O=C(NCCC1CCNC1)c1occc1CSc1ccccc1. The van der Waals surface area contributed by atoms with Gasteiger partial charge in [0.1, 0.15) is 0 Å². The highest BCUT2D eigenvalue weighted by Crippen LogP contribution is 2.24. The van der Waals surface area contributed by atoms with Crippen LogP contribution in [0.2, 0.25) is 0 Å². The van der Waals surface area contributed by atoms with Gasteiger partial charge in [0.15, 0.2) is 5.76 Å². The van der Waals surface area contributed by atoms with E-state index in [0.717, 1.165) is 30.8 Å². The van der Waals surface area contributed by atoms with E-state index in [2.05, 4.69) is 22.8 Å². The normalized spacial score (nSPS) is 16.6. The van der Waals surface area contributed by atoms with Crippen molar-refractivity contribution in [3.05, 3.63) is 54.0 Å². The van der Waals surface area contributed by atoms with E-state index in [1.165, 1.54) is 11.3 Å². The second-order valence-electron chi connectivity index (χ2n) is 5.78. The average Bonchev–Trinajstić information content (AvgIpc) is 3.25. The van der Waals surface area contributed by atoms with Gasteiger partial charge >= 0.3 is 0 Å². The number of furan rings is 1. The van der Waals surface area contributed by atoms with Crippen LogP contribution < -0.4 is 10.6 Å². The van der Waals surface area contributed by atoms with E-state index >= 15 is 0 Å². The topological polar surface area (TPSA) is 54.3 Å². The van der Waals surface area contributed by atoms with Gasteiger partial charge in [0.05, 0.1) is 6.26 Å². The maximum atomic E-state index is 12.3. The fraction of sp³-hybridized carbons (Fsp3) is 0.389. The summed E-state index contributed by atoms with van der Waals surface area (Å²) < 4.78 is 5.40. The second kappa shape index (κ2) is 9.77. The molecule has 1 amide bonds. The van der Waals surface area contributed by atoms with Crippen molar-refractivity contribution < 1.29 is 9.21 Å². The molecule has 0 saturated carbocycles. The molecule has 0 bridgehead atoms. The van der Waals surface area contributed by atoms with Gasteiger partial charge in [0, 0.05) is 22.8 Å². The molecule has 1 atom stereocenters. The molecule has 2 heterocycles. The predicted octanol–water partition coefficient (Wildman–Crippen LogP) is 3.72. The third kappa shape index (κ3) is 5.30. The van der Waals surface area contributed by atoms with Crippen LogP contribution in [-0.2, 0) is 5.75 Å². The zero-order valence-corrected chi connectivity index (χ0v) is 15.1. The van der Waals surface area contributed by atoms with Gasteiger partial charge in [-0.2, -0.15) is 0 Å².